The largest absolute Gasteiger partial charge is 0.495 e. The maximum absolute atomic E-state index is 6.06. The van der Waals surface area contributed by atoms with Crippen molar-refractivity contribution >= 4 is 11.4 Å². The molecule has 2 aromatic rings. The molecule has 0 aliphatic heterocycles. The van der Waals surface area contributed by atoms with E-state index in [2.05, 4.69) is 38.1 Å². The molecule has 1 unspecified atom stereocenters. The van der Waals surface area contributed by atoms with Crippen molar-refractivity contribution in [3.8, 4) is 11.5 Å². The molecule has 0 heterocycles. The second-order valence-corrected chi connectivity index (χ2v) is 6.29. The summed E-state index contributed by atoms with van der Waals surface area (Å²) >= 11 is 0. The third-order valence-electron chi connectivity index (χ3n) is 4.83. The molecular formula is C21H30N2O2. The first-order valence-electron chi connectivity index (χ1n) is 9.01. The van der Waals surface area contributed by atoms with Gasteiger partial charge in [-0.1, -0.05) is 38.8 Å². The Kier molecular flexibility index (Phi) is 6.57. The van der Waals surface area contributed by atoms with Crippen LogP contribution in [0.4, 0.5) is 11.4 Å². The lowest BCUT2D eigenvalue weighted by atomic mass is 9.78. The summed E-state index contributed by atoms with van der Waals surface area (Å²) in [4.78, 5) is 0. The summed E-state index contributed by atoms with van der Waals surface area (Å²) in [6.45, 7) is 7.03. The van der Waals surface area contributed by atoms with Gasteiger partial charge >= 0.3 is 0 Å². The van der Waals surface area contributed by atoms with Crippen LogP contribution in [0.3, 0.4) is 0 Å². The summed E-state index contributed by atoms with van der Waals surface area (Å²) in [5.74, 6) is 2.21. The number of nitrogens with two attached hydrogens (primary N) is 2. The van der Waals surface area contributed by atoms with Gasteiger partial charge in [0.2, 0.25) is 0 Å². The molecule has 25 heavy (non-hydrogen) atoms. The van der Waals surface area contributed by atoms with Gasteiger partial charge in [0, 0.05) is 5.92 Å². The van der Waals surface area contributed by atoms with Crippen LogP contribution >= 0.6 is 0 Å². The molecule has 0 aromatic heterocycles. The van der Waals surface area contributed by atoms with Crippen molar-refractivity contribution in [2.75, 3.05) is 25.2 Å². The Labute approximate surface area is 151 Å². The summed E-state index contributed by atoms with van der Waals surface area (Å²) < 4.78 is 11.1. The lowest BCUT2D eigenvalue weighted by Gasteiger charge is -2.27. The smallest absolute Gasteiger partial charge is 0.142 e. The summed E-state index contributed by atoms with van der Waals surface area (Å²) in [5.41, 5.74) is 15.8. The van der Waals surface area contributed by atoms with Gasteiger partial charge in [0.05, 0.1) is 25.1 Å². The van der Waals surface area contributed by atoms with E-state index in [9.17, 15) is 0 Å². The molecule has 4 heteroatoms. The van der Waals surface area contributed by atoms with Crippen molar-refractivity contribution in [3.05, 3.63) is 47.5 Å². The number of rotatable bonds is 8. The molecule has 1 atom stereocenters. The van der Waals surface area contributed by atoms with E-state index in [4.69, 9.17) is 20.9 Å². The summed E-state index contributed by atoms with van der Waals surface area (Å²) in [6.07, 6.45) is 2.17. The molecule has 0 spiro atoms. The molecule has 4 N–H and O–H groups in total. The summed E-state index contributed by atoms with van der Waals surface area (Å²) in [5, 5.41) is 0. The lowest BCUT2D eigenvalue weighted by Crippen LogP contribution is -2.14. The second kappa shape index (κ2) is 8.65. The molecule has 0 bridgehead atoms. The van der Waals surface area contributed by atoms with Crippen LogP contribution in [0, 0.1) is 5.92 Å². The first-order chi connectivity index (χ1) is 12.0. The van der Waals surface area contributed by atoms with Crippen molar-refractivity contribution < 1.29 is 9.47 Å². The van der Waals surface area contributed by atoms with Gasteiger partial charge < -0.3 is 20.9 Å². The van der Waals surface area contributed by atoms with Gasteiger partial charge in [0.1, 0.15) is 11.5 Å². The van der Waals surface area contributed by atoms with Crippen LogP contribution in [0.2, 0.25) is 0 Å². The van der Waals surface area contributed by atoms with Crippen molar-refractivity contribution in [3.63, 3.8) is 0 Å². The van der Waals surface area contributed by atoms with Crippen molar-refractivity contribution in [1.82, 2.24) is 0 Å². The molecule has 136 valence electrons. The van der Waals surface area contributed by atoms with E-state index >= 15 is 0 Å². The Balaban J connectivity index is 2.55. The molecule has 0 fully saturated rings. The van der Waals surface area contributed by atoms with E-state index in [0.717, 1.165) is 18.6 Å². The number of methoxy groups -OCH3 is 1. The summed E-state index contributed by atoms with van der Waals surface area (Å²) in [6, 6.07) is 12.2. The van der Waals surface area contributed by atoms with E-state index in [1.165, 1.54) is 11.1 Å². The zero-order valence-electron chi connectivity index (χ0n) is 15.7. The Morgan fingerprint density at radius 3 is 1.84 bits per heavy atom. The van der Waals surface area contributed by atoms with Crippen molar-refractivity contribution in [1.29, 1.82) is 0 Å². The molecule has 0 saturated heterocycles. The molecule has 0 radical (unpaired) electrons. The van der Waals surface area contributed by atoms with Crippen molar-refractivity contribution in [2.24, 2.45) is 5.92 Å². The third-order valence-corrected chi connectivity index (χ3v) is 4.83. The Morgan fingerprint density at radius 2 is 1.36 bits per heavy atom. The molecule has 4 nitrogen and oxygen atoms in total. The highest BCUT2D eigenvalue weighted by Crippen LogP contribution is 2.40. The number of benzene rings is 2. The monoisotopic (exact) mass is 342 g/mol. The standard InChI is InChI=1S/C21H30N2O2/c1-5-14(6-2)21(15-8-10-17(22)19(12-15)24-4)16-9-11-18(23)20(13-16)25-7-3/h8-14,21H,5-7,22-23H2,1-4H3. The van der Waals surface area contributed by atoms with Crippen LogP contribution in [0.5, 0.6) is 11.5 Å². The number of nitrogen functional groups attached to an aromatic ring is 2. The first-order valence-corrected chi connectivity index (χ1v) is 9.01. The predicted octanol–water partition coefficient (Wildman–Crippen LogP) is 4.83. The predicted molar refractivity (Wildman–Crippen MR) is 105 cm³/mol. The second-order valence-electron chi connectivity index (χ2n) is 6.29. The van der Waals surface area contributed by atoms with Gasteiger partial charge in [-0.15, -0.1) is 0 Å². The molecule has 2 aromatic carbocycles. The Bertz CT molecular complexity index is 696. The number of hydrogen-bond acceptors (Lipinski definition) is 4. The maximum atomic E-state index is 6.06. The van der Waals surface area contributed by atoms with Gasteiger partial charge in [0.15, 0.2) is 0 Å². The van der Waals surface area contributed by atoms with Crippen LogP contribution in [-0.2, 0) is 0 Å². The van der Waals surface area contributed by atoms with Crippen LogP contribution < -0.4 is 20.9 Å². The SMILES string of the molecule is CCOc1cc(C(c2ccc(N)c(OC)c2)C(CC)CC)ccc1N. The molecule has 0 aliphatic carbocycles. The minimum Gasteiger partial charge on any atom is -0.495 e. The maximum Gasteiger partial charge on any atom is 0.142 e. The third kappa shape index (κ3) is 4.19. The van der Waals surface area contributed by atoms with Crippen LogP contribution in [0.25, 0.3) is 0 Å². The van der Waals surface area contributed by atoms with E-state index < -0.39 is 0 Å². The minimum absolute atomic E-state index is 0.240. The lowest BCUT2D eigenvalue weighted by molar-refractivity contribution is 0.341. The van der Waals surface area contributed by atoms with Gasteiger partial charge in [-0.2, -0.15) is 0 Å². The zero-order chi connectivity index (χ0) is 18.4. The van der Waals surface area contributed by atoms with Gasteiger partial charge in [-0.3, -0.25) is 0 Å². The highest BCUT2D eigenvalue weighted by Gasteiger charge is 2.24. The van der Waals surface area contributed by atoms with Crippen LogP contribution in [-0.4, -0.2) is 13.7 Å². The van der Waals surface area contributed by atoms with Gasteiger partial charge in [-0.25, -0.2) is 0 Å². The average molecular weight is 342 g/mol. The molecular weight excluding hydrogens is 312 g/mol. The van der Waals surface area contributed by atoms with Crippen LogP contribution in [0.15, 0.2) is 36.4 Å². The number of hydrogen-bond donors (Lipinski definition) is 2. The molecule has 0 aliphatic rings. The van der Waals surface area contributed by atoms with E-state index in [1.54, 1.807) is 7.11 Å². The average Bonchev–Trinajstić information content (AvgIpc) is 2.62. The topological polar surface area (TPSA) is 70.5 Å². The fraction of sp³-hybridized carbons (Fsp3) is 0.429. The molecule has 0 amide bonds. The van der Waals surface area contributed by atoms with E-state index in [1.807, 2.05) is 19.1 Å². The van der Waals surface area contributed by atoms with Gasteiger partial charge in [-0.05, 0) is 48.2 Å². The van der Waals surface area contributed by atoms with E-state index in [0.29, 0.717) is 29.6 Å². The Hall–Kier alpha value is -2.36. The quantitative estimate of drug-likeness (QED) is 0.674. The molecule has 2 rings (SSSR count). The van der Waals surface area contributed by atoms with Crippen LogP contribution in [0.1, 0.15) is 50.7 Å². The summed E-state index contributed by atoms with van der Waals surface area (Å²) in [7, 11) is 1.65. The number of ether oxygens (including phenoxy) is 2. The van der Waals surface area contributed by atoms with E-state index in [-0.39, 0.29) is 5.92 Å². The Morgan fingerprint density at radius 1 is 0.840 bits per heavy atom. The highest BCUT2D eigenvalue weighted by molar-refractivity contribution is 5.58. The normalized spacial score (nSPS) is 12.2. The fourth-order valence-electron chi connectivity index (χ4n) is 3.44. The number of anilines is 2. The fourth-order valence-corrected chi connectivity index (χ4v) is 3.44. The molecule has 0 saturated carbocycles. The minimum atomic E-state index is 0.240. The first kappa shape index (κ1) is 19.0. The highest BCUT2D eigenvalue weighted by atomic mass is 16.5. The zero-order valence-corrected chi connectivity index (χ0v) is 15.7. The van der Waals surface area contributed by atoms with Crippen molar-refractivity contribution in [2.45, 2.75) is 39.5 Å². The van der Waals surface area contributed by atoms with Gasteiger partial charge in [0.25, 0.3) is 0 Å².